The van der Waals surface area contributed by atoms with Crippen LogP contribution in [0.3, 0.4) is 0 Å². The number of aliphatic hydroxyl groups excluding tert-OH is 1. The molecule has 1 aromatic rings. The molecule has 0 aromatic heterocycles. The van der Waals surface area contributed by atoms with Crippen molar-refractivity contribution >= 4 is 0 Å². The summed E-state index contributed by atoms with van der Waals surface area (Å²) >= 11 is 0. The summed E-state index contributed by atoms with van der Waals surface area (Å²) in [6.45, 7) is 1.40. The Hall–Kier alpha value is -1.22. The van der Waals surface area contributed by atoms with Gasteiger partial charge in [0.25, 0.3) is 0 Å². The molecule has 1 aliphatic carbocycles. The summed E-state index contributed by atoms with van der Waals surface area (Å²) in [4.78, 5) is 0. The SMILES string of the molecule is OC(c1ccc2c(c1)OCCCO2)C1CCCC1. The third kappa shape index (κ3) is 2.32. The summed E-state index contributed by atoms with van der Waals surface area (Å²) in [5.41, 5.74) is 0.964. The van der Waals surface area contributed by atoms with E-state index in [1.807, 2.05) is 18.2 Å². The second kappa shape index (κ2) is 5.19. The van der Waals surface area contributed by atoms with Crippen LogP contribution < -0.4 is 9.47 Å². The number of hydrogen-bond donors (Lipinski definition) is 1. The molecule has 1 aromatic carbocycles. The maximum Gasteiger partial charge on any atom is 0.161 e. The van der Waals surface area contributed by atoms with Crippen LogP contribution in [-0.4, -0.2) is 18.3 Å². The summed E-state index contributed by atoms with van der Waals surface area (Å²) in [6.07, 6.45) is 5.31. The standard InChI is InChI=1S/C15H20O3/c16-15(11-4-1-2-5-11)12-6-7-13-14(10-12)18-9-3-8-17-13/h6-7,10-11,15-16H,1-5,8-9H2. The first-order valence-electron chi connectivity index (χ1n) is 6.92. The van der Waals surface area contributed by atoms with Crippen LogP contribution in [0.1, 0.15) is 43.8 Å². The topological polar surface area (TPSA) is 38.7 Å². The molecule has 18 heavy (non-hydrogen) atoms. The van der Waals surface area contributed by atoms with Crippen LogP contribution >= 0.6 is 0 Å². The van der Waals surface area contributed by atoms with Gasteiger partial charge in [-0.15, -0.1) is 0 Å². The molecule has 3 nitrogen and oxygen atoms in total. The van der Waals surface area contributed by atoms with Gasteiger partial charge in [0.05, 0.1) is 19.3 Å². The summed E-state index contributed by atoms with van der Waals surface area (Å²) in [5.74, 6) is 1.99. The van der Waals surface area contributed by atoms with E-state index < -0.39 is 0 Å². The molecule has 0 amide bonds. The van der Waals surface area contributed by atoms with Crippen LogP contribution in [0.15, 0.2) is 18.2 Å². The minimum Gasteiger partial charge on any atom is -0.490 e. The fourth-order valence-corrected chi connectivity index (χ4v) is 2.91. The van der Waals surface area contributed by atoms with Crippen molar-refractivity contribution in [2.45, 2.75) is 38.2 Å². The Kier molecular flexibility index (Phi) is 3.41. The second-order valence-electron chi connectivity index (χ2n) is 5.25. The molecule has 0 saturated heterocycles. The second-order valence-corrected chi connectivity index (χ2v) is 5.25. The predicted octanol–water partition coefficient (Wildman–Crippen LogP) is 3.07. The summed E-state index contributed by atoms with van der Waals surface area (Å²) in [6, 6.07) is 5.84. The fourth-order valence-electron chi connectivity index (χ4n) is 2.91. The highest BCUT2D eigenvalue weighted by Crippen LogP contribution is 2.39. The quantitative estimate of drug-likeness (QED) is 0.874. The molecule has 3 heteroatoms. The maximum absolute atomic E-state index is 10.4. The van der Waals surface area contributed by atoms with Crippen LogP contribution in [0.5, 0.6) is 11.5 Å². The molecule has 3 rings (SSSR count). The summed E-state index contributed by atoms with van der Waals surface area (Å²) < 4.78 is 11.3. The monoisotopic (exact) mass is 248 g/mol. The van der Waals surface area contributed by atoms with E-state index in [-0.39, 0.29) is 6.10 Å². The molecule has 0 radical (unpaired) electrons. The van der Waals surface area contributed by atoms with E-state index >= 15 is 0 Å². The van der Waals surface area contributed by atoms with Gasteiger partial charge >= 0.3 is 0 Å². The molecule has 1 fully saturated rings. The zero-order valence-corrected chi connectivity index (χ0v) is 10.6. The highest BCUT2D eigenvalue weighted by molar-refractivity contribution is 5.44. The van der Waals surface area contributed by atoms with Crippen molar-refractivity contribution in [2.24, 2.45) is 5.92 Å². The van der Waals surface area contributed by atoms with E-state index in [9.17, 15) is 5.11 Å². The van der Waals surface area contributed by atoms with E-state index in [0.29, 0.717) is 19.1 Å². The van der Waals surface area contributed by atoms with Gasteiger partial charge in [0.1, 0.15) is 0 Å². The van der Waals surface area contributed by atoms with E-state index in [1.165, 1.54) is 12.8 Å². The largest absolute Gasteiger partial charge is 0.490 e. The fraction of sp³-hybridized carbons (Fsp3) is 0.600. The van der Waals surface area contributed by atoms with Gasteiger partial charge in [0.15, 0.2) is 11.5 Å². The lowest BCUT2D eigenvalue weighted by atomic mass is 9.94. The molecule has 1 atom stereocenters. The smallest absolute Gasteiger partial charge is 0.161 e. The number of benzene rings is 1. The van der Waals surface area contributed by atoms with Gasteiger partial charge in [0.2, 0.25) is 0 Å². The molecule has 1 unspecified atom stereocenters. The average Bonchev–Trinajstić information content (AvgIpc) is 2.83. The third-order valence-corrected chi connectivity index (χ3v) is 3.96. The van der Waals surface area contributed by atoms with Crippen molar-refractivity contribution in [2.75, 3.05) is 13.2 Å². The van der Waals surface area contributed by atoms with Gasteiger partial charge in [0, 0.05) is 6.42 Å². The normalized spacial score (nSPS) is 21.6. The molecule has 98 valence electrons. The number of fused-ring (bicyclic) bond motifs is 1. The Morgan fingerprint density at radius 1 is 1.00 bits per heavy atom. The van der Waals surface area contributed by atoms with Crippen LogP contribution in [0, 0.1) is 5.92 Å². The molecule has 1 heterocycles. The highest BCUT2D eigenvalue weighted by atomic mass is 16.5. The molecule has 1 aliphatic heterocycles. The predicted molar refractivity (Wildman–Crippen MR) is 69.0 cm³/mol. The van der Waals surface area contributed by atoms with E-state index in [2.05, 4.69) is 0 Å². The Labute approximate surface area is 108 Å². The molecular formula is C15H20O3. The average molecular weight is 248 g/mol. The number of hydrogen-bond acceptors (Lipinski definition) is 3. The maximum atomic E-state index is 10.4. The van der Waals surface area contributed by atoms with E-state index in [4.69, 9.17) is 9.47 Å². The lowest BCUT2D eigenvalue weighted by Gasteiger charge is -2.19. The van der Waals surface area contributed by atoms with Crippen LogP contribution in [0.4, 0.5) is 0 Å². The van der Waals surface area contributed by atoms with Crippen molar-refractivity contribution in [3.05, 3.63) is 23.8 Å². The molecule has 1 saturated carbocycles. The molecule has 2 aliphatic rings. The van der Waals surface area contributed by atoms with Gasteiger partial charge < -0.3 is 14.6 Å². The molecule has 0 spiro atoms. The van der Waals surface area contributed by atoms with Crippen molar-refractivity contribution in [3.63, 3.8) is 0 Å². The Balaban J connectivity index is 1.82. The Bertz CT molecular complexity index is 410. The Morgan fingerprint density at radius 3 is 2.50 bits per heavy atom. The third-order valence-electron chi connectivity index (χ3n) is 3.96. The lowest BCUT2D eigenvalue weighted by Crippen LogP contribution is -2.09. The lowest BCUT2D eigenvalue weighted by molar-refractivity contribution is 0.111. The zero-order valence-electron chi connectivity index (χ0n) is 10.6. The molecule has 1 N–H and O–H groups in total. The van der Waals surface area contributed by atoms with E-state index in [0.717, 1.165) is 36.3 Å². The first-order chi connectivity index (χ1) is 8.84. The van der Waals surface area contributed by atoms with Crippen molar-refractivity contribution in [3.8, 4) is 11.5 Å². The minimum absolute atomic E-state index is 0.357. The van der Waals surface area contributed by atoms with Crippen LogP contribution in [-0.2, 0) is 0 Å². The van der Waals surface area contributed by atoms with Crippen molar-refractivity contribution < 1.29 is 14.6 Å². The van der Waals surface area contributed by atoms with Crippen LogP contribution in [0.25, 0.3) is 0 Å². The van der Waals surface area contributed by atoms with E-state index in [1.54, 1.807) is 0 Å². The number of rotatable bonds is 2. The van der Waals surface area contributed by atoms with Crippen molar-refractivity contribution in [1.82, 2.24) is 0 Å². The Morgan fingerprint density at radius 2 is 1.72 bits per heavy atom. The van der Waals surface area contributed by atoms with Gasteiger partial charge in [-0.05, 0) is 36.5 Å². The number of ether oxygens (including phenoxy) is 2. The van der Waals surface area contributed by atoms with Crippen molar-refractivity contribution in [1.29, 1.82) is 0 Å². The van der Waals surface area contributed by atoms with Gasteiger partial charge in [-0.3, -0.25) is 0 Å². The highest BCUT2D eigenvalue weighted by Gasteiger charge is 2.25. The zero-order chi connectivity index (χ0) is 12.4. The van der Waals surface area contributed by atoms with Gasteiger partial charge in [-0.1, -0.05) is 18.9 Å². The first kappa shape index (κ1) is 11.8. The number of aliphatic hydroxyl groups is 1. The first-order valence-corrected chi connectivity index (χ1v) is 6.92. The summed E-state index contributed by atoms with van der Waals surface area (Å²) in [5, 5.41) is 10.4. The van der Waals surface area contributed by atoms with Gasteiger partial charge in [-0.2, -0.15) is 0 Å². The van der Waals surface area contributed by atoms with Gasteiger partial charge in [-0.25, -0.2) is 0 Å². The minimum atomic E-state index is -0.357. The molecule has 0 bridgehead atoms. The van der Waals surface area contributed by atoms with Crippen LogP contribution in [0.2, 0.25) is 0 Å². The summed E-state index contributed by atoms with van der Waals surface area (Å²) in [7, 11) is 0. The molecular weight excluding hydrogens is 228 g/mol.